The number of carbonyl (C=O) groups excluding carboxylic acids is 2. The molecule has 2 aromatic rings. The zero-order chi connectivity index (χ0) is 29.2. The normalized spacial score (nSPS) is 18.8. The number of nitrogens with one attached hydrogen (secondary N) is 1. The number of anilines is 2. The number of hydrogen-bond acceptors (Lipinski definition) is 8. The van der Waals surface area contributed by atoms with Crippen molar-refractivity contribution in [3.05, 3.63) is 47.4 Å². The molecule has 40 heavy (non-hydrogen) atoms. The molecule has 2 aliphatic heterocycles. The maximum atomic E-state index is 15.2. The van der Waals surface area contributed by atoms with Crippen molar-refractivity contribution in [3.63, 3.8) is 0 Å². The number of halogens is 1. The maximum absolute atomic E-state index is 15.2. The van der Waals surface area contributed by atoms with Crippen LogP contribution in [0.25, 0.3) is 0 Å². The fourth-order valence-electron chi connectivity index (χ4n) is 4.99. The number of cyclic esters (lactones) is 1. The van der Waals surface area contributed by atoms with E-state index in [1.54, 1.807) is 30.3 Å². The van der Waals surface area contributed by atoms with Crippen LogP contribution in [-0.4, -0.2) is 75.9 Å². The van der Waals surface area contributed by atoms with Crippen LogP contribution in [0.4, 0.5) is 25.7 Å². The Morgan fingerprint density at radius 1 is 1.27 bits per heavy atom. The summed E-state index contributed by atoms with van der Waals surface area (Å²) in [7, 11) is 1.78. The van der Waals surface area contributed by atoms with Gasteiger partial charge in [-0.3, -0.25) is 9.80 Å². The number of carbonyl (C=O) groups is 2. The van der Waals surface area contributed by atoms with Crippen LogP contribution < -0.4 is 10.2 Å². The van der Waals surface area contributed by atoms with Crippen molar-refractivity contribution < 1.29 is 23.5 Å². The molecule has 1 atom stereocenters. The predicted molar refractivity (Wildman–Crippen MR) is 151 cm³/mol. The van der Waals surface area contributed by atoms with Crippen molar-refractivity contribution in [2.24, 2.45) is 0 Å². The van der Waals surface area contributed by atoms with E-state index in [0.717, 1.165) is 31.5 Å². The minimum absolute atomic E-state index is 0.105. The highest BCUT2D eigenvalue weighted by molar-refractivity contribution is 5.90. The number of ether oxygens (including phenoxy) is 2. The number of rotatable bonds is 7. The van der Waals surface area contributed by atoms with Crippen molar-refractivity contribution >= 4 is 24.0 Å². The average Bonchev–Trinajstić information content (AvgIpc) is 3.16. The van der Waals surface area contributed by atoms with Gasteiger partial charge in [0.1, 0.15) is 23.8 Å². The van der Waals surface area contributed by atoms with Crippen LogP contribution in [0, 0.1) is 5.82 Å². The second kappa shape index (κ2) is 11.6. The molecule has 2 aliphatic rings. The Hall–Kier alpha value is -3.47. The lowest BCUT2D eigenvalue weighted by Crippen LogP contribution is -2.46. The molecular formula is C29H41FN6O4. The number of aromatic nitrogens is 2. The van der Waals surface area contributed by atoms with Crippen LogP contribution in [-0.2, 0) is 16.0 Å². The molecule has 1 aromatic carbocycles. The Morgan fingerprint density at radius 3 is 2.58 bits per heavy atom. The molecule has 2 amide bonds. The van der Waals surface area contributed by atoms with Gasteiger partial charge in [-0.05, 0) is 72.1 Å². The Morgan fingerprint density at radius 2 is 1.98 bits per heavy atom. The van der Waals surface area contributed by atoms with Gasteiger partial charge in [-0.15, -0.1) is 0 Å². The second-order valence-corrected chi connectivity index (χ2v) is 12.3. The molecule has 11 heteroatoms. The van der Waals surface area contributed by atoms with Gasteiger partial charge in [0.25, 0.3) is 0 Å². The first-order valence-corrected chi connectivity index (χ1v) is 13.8. The van der Waals surface area contributed by atoms with Gasteiger partial charge >= 0.3 is 12.2 Å². The molecule has 0 radical (unpaired) electrons. The first-order chi connectivity index (χ1) is 18.7. The van der Waals surface area contributed by atoms with Gasteiger partial charge in [-0.2, -0.15) is 4.98 Å². The molecule has 218 valence electrons. The maximum Gasteiger partial charge on any atom is 0.416 e. The summed E-state index contributed by atoms with van der Waals surface area (Å²) in [5.74, 6) is 0.513. The van der Waals surface area contributed by atoms with Gasteiger partial charge in [-0.25, -0.2) is 19.0 Å². The number of benzene rings is 1. The van der Waals surface area contributed by atoms with E-state index < -0.39 is 17.2 Å². The summed E-state index contributed by atoms with van der Waals surface area (Å²) < 4.78 is 25.8. The lowest BCUT2D eigenvalue weighted by molar-refractivity contribution is 0.0148. The molecule has 0 aliphatic carbocycles. The standard InChI is InChI=1S/C29H41FN6O4/c1-19(32-25-31-13-10-24(33-25)36-27(38)39-18-29(36,5)6)20-8-9-21(23(30)16-20)17-35-14-11-22(12-15-35)34(7)26(37)40-28(2,3)4/h8-10,13,16,19,22H,11-12,14-15,17-18H2,1-7H3,(H,31,32,33)/t19-/m0/s1. The first kappa shape index (κ1) is 29.5. The third kappa shape index (κ3) is 6.99. The van der Waals surface area contributed by atoms with E-state index in [1.165, 1.54) is 4.90 Å². The van der Waals surface area contributed by atoms with Gasteiger partial charge in [0, 0.05) is 44.5 Å². The van der Waals surface area contributed by atoms with Crippen LogP contribution in [0.1, 0.15) is 71.6 Å². The van der Waals surface area contributed by atoms with E-state index in [9.17, 15) is 9.59 Å². The molecule has 0 saturated carbocycles. The average molecular weight is 557 g/mol. The summed E-state index contributed by atoms with van der Waals surface area (Å²) in [6.07, 6.45) is 2.44. The van der Waals surface area contributed by atoms with Gasteiger partial charge in [-0.1, -0.05) is 12.1 Å². The van der Waals surface area contributed by atoms with Crippen LogP contribution in [0.3, 0.4) is 0 Å². The molecule has 0 bridgehead atoms. The summed E-state index contributed by atoms with van der Waals surface area (Å²) in [5, 5.41) is 3.21. The molecule has 2 saturated heterocycles. The van der Waals surface area contributed by atoms with Gasteiger partial charge < -0.3 is 19.7 Å². The minimum Gasteiger partial charge on any atom is -0.447 e. The SMILES string of the molecule is C[C@H](Nc1nccc(N2C(=O)OCC2(C)C)n1)c1ccc(CN2CCC(N(C)C(=O)OC(C)(C)C)CC2)c(F)c1. The Kier molecular flexibility index (Phi) is 8.53. The van der Waals surface area contributed by atoms with Gasteiger partial charge in [0.05, 0.1) is 11.6 Å². The van der Waals surface area contributed by atoms with Crippen LogP contribution >= 0.6 is 0 Å². The van der Waals surface area contributed by atoms with Crippen molar-refractivity contribution in [3.8, 4) is 0 Å². The number of likely N-dealkylation sites (tertiary alicyclic amines) is 1. The zero-order valence-electron chi connectivity index (χ0n) is 24.5. The molecule has 1 N–H and O–H groups in total. The molecule has 1 aromatic heterocycles. The summed E-state index contributed by atoms with van der Waals surface area (Å²) >= 11 is 0. The third-order valence-corrected chi connectivity index (χ3v) is 7.31. The van der Waals surface area contributed by atoms with Gasteiger partial charge in [0.2, 0.25) is 5.95 Å². The lowest BCUT2D eigenvalue weighted by Gasteiger charge is -2.37. The Balaban J connectivity index is 1.33. The van der Waals surface area contributed by atoms with Gasteiger partial charge in [0.15, 0.2) is 0 Å². The summed E-state index contributed by atoms with van der Waals surface area (Å²) in [6, 6.07) is 6.77. The number of amides is 2. The minimum atomic E-state index is -0.527. The van der Waals surface area contributed by atoms with Crippen molar-refractivity contribution in [2.75, 3.05) is 37.0 Å². The first-order valence-electron chi connectivity index (χ1n) is 13.8. The van der Waals surface area contributed by atoms with E-state index in [2.05, 4.69) is 20.2 Å². The molecule has 0 spiro atoms. The fraction of sp³-hybridized carbons (Fsp3) is 0.586. The zero-order valence-corrected chi connectivity index (χ0v) is 24.5. The number of piperidine rings is 1. The van der Waals surface area contributed by atoms with Crippen molar-refractivity contribution in [2.45, 2.75) is 84.2 Å². The number of nitrogens with zero attached hydrogens (tertiary/aromatic N) is 5. The van der Waals surface area contributed by atoms with Crippen LogP contribution in [0.2, 0.25) is 0 Å². The highest BCUT2D eigenvalue weighted by Gasteiger charge is 2.42. The van der Waals surface area contributed by atoms with Crippen molar-refractivity contribution in [1.29, 1.82) is 0 Å². The van der Waals surface area contributed by atoms with Crippen LogP contribution in [0.15, 0.2) is 30.5 Å². The molecule has 10 nitrogen and oxygen atoms in total. The smallest absolute Gasteiger partial charge is 0.416 e. The second-order valence-electron chi connectivity index (χ2n) is 12.3. The Labute approximate surface area is 235 Å². The monoisotopic (exact) mass is 556 g/mol. The molecule has 2 fully saturated rings. The topological polar surface area (TPSA) is 100 Å². The molecular weight excluding hydrogens is 515 g/mol. The van der Waals surface area contributed by atoms with Crippen molar-refractivity contribution in [1.82, 2.24) is 19.8 Å². The summed E-state index contributed by atoms with van der Waals surface area (Å²) in [4.78, 5) is 38.8. The predicted octanol–water partition coefficient (Wildman–Crippen LogP) is 5.36. The summed E-state index contributed by atoms with van der Waals surface area (Å²) in [6.45, 7) is 13.6. The van der Waals surface area contributed by atoms with E-state index in [0.29, 0.717) is 23.9 Å². The fourth-order valence-corrected chi connectivity index (χ4v) is 4.99. The van der Waals surface area contributed by atoms with E-state index >= 15 is 4.39 Å². The summed E-state index contributed by atoms with van der Waals surface area (Å²) in [5.41, 5.74) is 0.341. The van der Waals surface area contributed by atoms with E-state index in [4.69, 9.17) is 9.47 Å². The van der Waals surface area contributed by atoms with E-state index in [1.807, 2.05) is 53.7 Å². The number of hydrogen-bond donors (Lipinski definition) is 1. The molecule has 0 unspecified atom stereocenters. The lowest BCUT2D eigenvalue weighted by atomic mass is 10.0. The Bertz CT molecular complexity index is 1230. The quantitative estimate of drug-likeness (QED) is 0.487. The highest BCUT2D eigenvalue weighted by Crippen LogP contribution is 2.30. The highest BCUT2D eigenvalue weighted by atomic mass is 19.1. The van der Waals surface area contributed by atoms with E-state index in [-0.39, 0.29) is 30.6 Å². The van der Waals surface area contributed by atoms with Crippen LogP contribution in [0.5, 0.6) is 0 Å². The molecule has 4 rings (SSSR count). The largest absolute Gasteiger partial charge is 0.447 e. The third-order valence-electron chi connectivity index (χ3n) is 7.31. The molecule has 3 heterocycles.